The summed E-state index contributed by atoms with van der Waals surface area (Å²) in [6.45, 7) is 7.40. The van der Waals surface area contributed by atoms with Crippen LogP contribution in [0.3, 0.4) is 0 Å². The number of anilines is 1. The van der Waals surface area contributed by atoms with Crippen molar-refractivity contribution in [1.29, 1.82) is 0 Å². The van der Waals surface area contributed by atoms with Gasteiger partial charge in [-0.05, 0) is 41.5 Å². The maximum atomic E-state index is 6.03. The van der Waals surface area contributed by atoms with E-state index >= 15 is 0 Å². The average Bonchev–Trinajstić information content (AvgIpc) is 2.88. The quantitative estimate of drug-likeness (QED) is 0.830. The molecule has 0 aliphatic heterocycles. The van der Waals surface area contributed by atoms with Gasteiger partial charge in [-0.3, -0.25) is 0 Å². The molecule has 2 aromatic rings. The molecule has 1 unspecified atom stereocenters. The normalized spacial score (nSPS) is 12.8. The number of hydrogen-bond acceptors (Lipinski definition) is 5. The number of nitrogen functional groups attached to an aromatic ring is 1. The van der Waals surface area contributed by atoms with Crippen molar-refractivity contribution in [3.05, 3.63) is 23.2 Å². The molecule has 6 nitrogen and oxygen atoms in total. The average molecular weight is 310 g/mol. The van der Waals surface area contributed by atoms with E-state index in [2.05, 4.69) is 29.4 Å². The number of nitrogens with zero attached hydrogens (tertiary/aromatic N) is 4. The monoisotopic (exact) mass is 309 g/mol. The highest BCUT2D eigenvalue weighted by Crippen LogP contribution is 2.29. The summed E-state index contributed by atoms with van der Waals surface area (Å²) in [5, 5.41) is 12.6. The van der Waals surface area contributed by atoms with Crippen LogP contribution in [0.5, 0.6) is 0 Å². The lowest BCUT2D eigenvalue weighted by molar-refractivity contribution is 0.0913. The number of nitrogens with two attached hydrogens (primary N) is 1. The topological polar surface area (TPSA) is 78.8 Å². The number of benzene rings is 1. The number of aromatic nitrogens is 4. The standard InChI is InChI=1S/C14H20ClN5O/c1-4-21-8-13(9(2)3)20-14(17-18-19-20)11-6-5-10(15)7-12(11)16/h5-7,9,13H,4,8,16H2,1-3H3. The van der Waals surface area contributed by atoms with E-state index in [0.29, 0.717) is 35.7 Å². The van der Waals surface area contributed by atoms with Crippen LogP contribution in [0.1, 0.15) is 26.8 Å². The Bertz CT molecular complexity index is 599. The molecule has 114 valence electrons. The molecular weight excluding hydrogens is 290 g/mol. The number of rotatable bonds is 6. The number of halogens is 1. The molecule has 0 radical (unpaired) electrons. The smallest absolute Gasteiger partial charge is 0.184 e. The van der Waals surface area contributed by atoms with E-state index in [1.165, 1.54) is 0 Å². The van der Waals surface area contributed by atoms with Gasteiger partial charge in [-0.2, -0.15) is 0 Å². The summed E-state index contributed by atoms with van der Waals surface area (Å²) in [6, 6.07) is 5.35. The largest absolute Gasteiger partial charge is 0.398 e. The first-order valence-corrected chi connectivity index (χ1v) is 7.33. The van der Waals surface area contributed by atoms with Gasteiger partial charge in [0.05, 0.1) is 12.6 Å². The number of tetrazole rings is 1. The summed E-state index contributed by atoms with van der Waals surface area (Å²) in [7, 11) is 0. The van der Waals surface area contributed by atoms with Crippen LogP contribution in [0.15, 0.2) is 18.2 Å². The SMILES string of the molecule is CCOCC(C(C)C)n1nnnc1-c1ccc(Cl)cc1N. The first-order chi connectivity index (χ1) is 10.0. The van der Waals surface area contributed by atoms with Crippen molar-refractivity contribution >= 4 is 17.3 Å². The molecule has 0 saturated heterocycles. The molecule has 21 heavy (non-hydrogen) atoms. The summed E-state index contributed by atoms with van der Waals surface area (Å²) in [5.41, 5.74) is 7.36. The maximum Gasteiger partial charge on any atom is 0.184 e. The van der Waals surface area contributed by atoms with E-state index in [9.17, 15) is 0 Å². The lowest BCUT2D eigenvalue weighted by Gasteiger charge is -2.22. The second kappa shape index (κ2) is 6.87. The Morgan fingerprint density at radius 2 is 2.14 bits per heavy atom. The van der Waals surface area contributed by atoms with Gasteiger partial charge in [-0.15, -0.1) is 5.10 Å². The van der Waals surface area contributed by atoms with Gasteiger partial charge in [-0.1, -0.05) is 25.4 Å². The van der Waals surface area contributed by atoms with Gasteiger partial charge in [0.2, 0.25) is 0 Å². The van der Waals surface area contributed by atoms with Gasteiger partial charge < -0.3 is 10.5 Å². The van der Waals surface area contributed by atoms with E-state index in [1.54, 1.807) is 16.8 Å². The first-order valence-electron chi connectivity index (χ1n) is 6.95. The predicted molar refractivity (Wildman–Crippen MR) is 83.0 cm³/mol. The third kappa shape index (κ3) is 3.51. The Morgan fingerprint density at radius 1 is 1.38 bits per heavy atom. The summed E-state index contributed by atoms with van der Waals surface area (Å²) < 4.78 is 7.33. The minimum Gasteiger partial charge on any atom is -0.398 e. The predicted octanol–water partition coefficient (Wildman–Crippen LogP) is 2.81. The number of ether oxygens (including phenoxy) is 1. The van der Waals surface area contributed by atoms with Crippen molar-refractivity contribution in [1.82, 2.24) is 20.2 Å². The third-order valence-corrected chi connectivity index (χ3v) is 3.56. The fourth-order valence-electron chi connectivity index (χ4n) is 2.12. The fourth-order valence-corrected chi connectivity index (χ4v) is 2.30. The zero-order valence-electron chi connectivity index (χ0n) is 12.5. The van der Waals surface area contributed by atoms with Crippen LogP contribution in [-0.4, -0.2) is 33.4 Å². The Morgan fingerprint density at radius 3 is 2.76 bits per heavy atom. The van der Waals surface area contributed by atoms with Gasteiger partial charge >= 0.3 is 0 Å². The second-order valence-corrected chi connectivity index (χ2v) is 5.59. The second-order valence-electron chi connectivity index (χ2n) is 5.15. The van der Waals surface area contributed by atoms with Crippen LogP contribution < -0.4 is 5.73 Å². The van der Waals surface area contributed by atoms with E-state index in [-0.39, 0.29) is 6.04 Å². The highest BCUT2D eigenvalue weighted by Gasteiger charge is 2.22. The van der Waals surface area contributed by atoms with E-state index in [1.807, 2.05) is 13.0 Å². The Kier molecular flexibility index (Phi) is 5.14. The molecule has 2 N–H and O–H groups in total. The highest BCUT2D eigenvalue weighted by atomic mass is 35.5. The Hall–Kier alpha value is -1.66. The number of hydrogen-bond donors (Lipinski definition) is 1. The van der Waals surface area contributed by atoms with Crippen molar-refractivity contribution in [2.24, 2.45) is 5.92 Å². The molecule has 0 aliphatic carbocycles. The minimum absolute atomic E-state index is 0.0463. The molecule has 1 aromatic carbocycles. The summed E-state index contributed by atoms with van der Waals surface area (Å²) >= 11 is 5.94. The van der Waals surface area contributed by atoms with Gasteiger partial charge in [0.25, 0.3) is 0 Å². The van der Waals surface area contributed by atoms with Crippen LogP contribution >= 0.6 is 11.6 Å². The minimum atomic E-state index is 0.0463. The molecule has 1 heterocycles. The maximum absolute atomic E-state index is 6.03. The summed E-state index contributed by atoms with van der Waals surface area (Å²) in [6.07, 6.45) is 0. The molecular formula is C14H20ClN5O. The van der Waals surface area contributed by atoms with Crippen molar-refractivity contribution in [3.63, 3.8) is 0 Å². The van der Waals surface area contributed by atoms with Crippen LogP contribution in [-0.2, 0) is 4.74 Å². The summed E-state index contributed by atoms with van der Waals surface area (Å²) in [5.74, 6) is 0.954. The zero-order chi connectivity index (χ0) is 15.4. The van der Waals surface area contributed by atoms with Crippen LogP contribution in [0.4, 0.5) is 5.69 Å². The van der Waals surface area contributed by atoms with Gasteiger partial charge in [-0.25, -0.2) is 4.68 Å². The molecule has 0 saturated carbocycles. The third-order valence-electron chi connectivity index (χ3n) is 3.32. The Labute approximate surface area is 129 Å². The van der Waals surface area contributed by atoms with Crippen molar-refractivity contribution in [2.45, 2.75) is 26.8 Å². The fraction of sp³-hybridized carbons (Fsp3) is 0.500. The zero-order valence-corrected chi connectivity index (χ0v) is 13.2. The summed E-state index contributed by atoms with van der Waals surface area (Å²) in [4.78, 5) is 0. The molecule has 0 spiro atoms. The van der Waals surface area contributed by atoms with Crippen molar-refractivity contribution in [2.75, 3.05) is 18.9 Å². The van der Waals surface area contributed by atoms with Crippen LogP contribution in [0.2, 0.25) is 5.02 Å². The lowest BCUT2D eigenvalue weighted by Crippen LogP contribution is -2.23. The van der Waals surface area contributed by atoms with E-state index in [4.69, 9.17) is 22.1 Å². The van der Waals surface area contributed by atoms with E-state index < -0.39 is 0 Å². The Balaban J connectivity index is 2.40. The van der Waals surface area contributed by atoms with Gasteiger partial charge in [0, 0.05) is 22.9 Å². The van der Waals surface area contributed by atoms with Gasteiger partial charge in [0.1, 0.15) is 0 Å². The molecule has 1 atom stereocenters. The molecule has 2 rings (SSSR count). The highest BCUT2D eigenvalue weighted by molar-refractivity contribution is 6.31. The van der Waals surface area contributed by atoms with Crippen molar-refractivity contribution < 1.29 is 4.74 Å². The van der Waals surface area contributed by atoms with Crippen LogP contribution in [0.25, 0.3) is 11.4 Å². The van der Waals surface area contributed by atoms with Crippen LogP contribution in [0, 0.1) is 5.92 Å². The van der Waals surface area contributed by atoms with Gasteiger partial charge in [0.15, 0.2) is 5.82 Å². The molecule has 0 amide bonds. The molecule has 0 fully saturated rings. The van der Waals surface area contributed by atoms with E-state index in [0.717, 1.165) is 5.56 Å². The molecule has 0 bridgehead atoms. The lowest BCUT2D eigenvalue weighted by atomic mass is 10.0. The molecule has 1 aromatic heterocycles. The molecule has 7 heteroatoms. The first kappa shape index (κ1) is 15.7. The molecule has 0 aliphatic rings. The van der Waals surface area contributed by atoms with Crippen molar-refractivity contribution in [3.8, 4) is 11.4 Å².